The number of rotatable bonds is 9. The van der Waals surface area contributed by atoms with Crippen LogP contribution in [0.3, 0.4) is 0 Å². The van der Waals surface area contributed by atoms with E-state index in [1.54, 1.807) is 30.3 Å². The Hall–Kier alpha value is -4.81. The number of hydrogen-bond donors (Lipinski definition) is 3. The molecule has 3 N–H and O–H groups in total. The number of fused-ring (bicyclic) bond motifs is 1. The van der Waals surface area contributed by atoms with Crippen LogP contribution in [0.2, 0.25) is 0 Å². The van der Waals surface area contributed by atoms with E-state index >= 15 is 0 Å². The van der Waals surface area contributed by atoms with Crippen molar-refractivity contribution in [2.75, 3.05) is 31.3 Å². The summed E-state index contributed by atoms with van der Waals surface area (Å²) < 4.78 is 14.1. The van der Waals surface area contributed by atoms with Gasteiger partial charge in [0.15, 0.2) is 11.8 Å². The first-order valence-corrected chi connectivity index (χ1v) is 12.1. The quantitative estimate of drug-likeness (QED) is 0.112. The van der Waals surface area contributed by atoms with E-state index < -0.39 is 22.5 Å². The van der Waals surface area contributed by atoms with Gasteiger partial charge in [-0.15, -0.1) is 0 Å². The summed E-state index contributed by atoms with van der Waals surface area (Å²) in [6.07, 6.45) is 5.83. The molecule has 0 saturated carbocycles. The molecule has 15 heteroatoms. The predicted octanol–water partition coefficient (Wildman–Crippen LogP) is 3.94. The number of nitrogens with zero attached hydrogens (tertiary/aromatic N) is 7. The number of quaternary nitrogens is 1. The van der Waals surface area contributed by atoms with Crippen molar-refractivity contribution in [1.29, 1.82) is 5.26 Å². The van der Waals surface area contributed by atoms with Gasteiger partial charge in [0.2, 0.25) is 5.91 Å². The van der Waals surface area contributed by atoms with Gasteiger partial charge in [-0.2, -0.15) is 5.26 Å². The third kappa shape index (κ3) is 6.74. The molecule has 0 fully saturated rings. The Labute approximate surface area is 229 Å². The number of nitriles is 1. The molecular weight excluding hydrogens is 575 g/mol. The van der Waals surface area contributed by atoms with Gasteiger partial charge in [-0.1, -0.05) is 0 Å². The molecule has 0 aliphatic carbocycles. The number of halogens is 2. The number of nitrogens with one attached hydrogen (secondary N) is 3. The Bertz CT molecular complexity index is 1650. The number of pyridine rings is 1. The van der Waals surface area contributed by atoms with Gasteiger partial charge in [-0.25, -0.2) is 19.3 Å². The van der Waals surface area contributed by atoms with Crippen LogP contribution in [-0.2, 0) is 11.3 Å². The van der Waals surface area contributed by atoms with Gasteiger partial charge in [0.05, 0.1) is 36.8 Å². The standard InChI is InChI=1S/C24H20BrFN10O3/c1-36(2,12-19-24(35(38)39)34-21(10-27)32-19)7-3-4-22(37)33-20-9-15-18(11-28-20)29-13-30-23(15)31-14-5-6-17(26)16(25)8-14/h3-6,8-9,11,13H,7,12H2,1-2H3,(H2-,28,29,30,31,32,33,34,37)/p+1/b4-3+. The molecule has 13 nitrogen and oxygen atoms in total. The lowest BCUT2D eigenvalue weighted by Gasteiger charge is -2.27. The molecule has 3 heterocycles. The third-order valence-electron chi connectivity index (χ3n) is 5.45. The number of aromatic amines is 1. The lowest BCUT2D eigenvalue weighted by Crippen LogP contribution is -2.39. The topological polar surface area (TPSA) is 175 Å². The van der Waals surface area contributed by atoms with Crippen LogP contribution in [0.15, 0.2) is 53.4 Å². The SMILES string of the molecule is C[N+](C)(C/C=C/C(=O)Nc1cc2c(Nc3ccc(F)c(Br)c3)ncnc2cn1)Cc1[nH]c(C#N)nc1[N+](=O)[O-]. The number of likely N-dealkylation sites (N-methyl/N-ethyl adjacent to an activating group) is 1. The normalized spacial score (nSPS) is 11.5. The minimum Gasteiger partial charge on any atom is -0.358 e. The van der Waals surface area contributed by atoms with Gasteiger partial charge in [-0.3, -0.25) is 4.79 Å². The molecular formula is C24H21BrFN10O3+. The largest absolute Gasteiger partial charge is 0.392 e. The summed E-state index contributed by atoms with van der Waals surface area (Å²) in [7, 11) is 3.63. The second kappa shape index (κ2) is 11.3. The fourth-order valence-electron chi connectivity index (χ4n) is 3.66. The second-order valence-corrected chi connectivity index (χ2v) is 9.84. The molecule has 0 bridgehead atoms. The minimum atomic E-state index is -0.642. The molecule has 198 valence electrons. The molecule has 39 heavy (non-hydrogen) atoms. The molecule has 1 aromatic carbocycles. The average molecular weight is 596 g/mol. The Kier molecular flexibility index (Phi) is 7.88. The smallest absolute Gasteiger partial charge is 0.358 e. The highest BCUT2D eigenvalue weighted by Gasteiger charge is 2.27. The minimum absolute atomic E-state index is 0.135. The molecule has 0 saturated heterocycles. The van der Waals surface area contributed by atoms with Gasteiger partial charge in [-0.05, 0) is 56.2 Å². The Morgan fingerprint density at radius 1 is 1.31 bits per heavy atom. The van der Waals surface area contributed by atoms with Crippen molar-refractivity contribution < 1.29 is 18.6 Å². The molecule has 0 aliphatic heterocycles. The number of anilines is 3. The Balaban J connectivity index is 1.43. The van der Waals surface area contributed by atoms with Crippen molar-refractivity contribution in [3.63, 3.8) is 0 Å². The van der Waals surface area contributed by atoms with Crippen LogP contribution < -0.4 is 10.6 Å². The lowest BCUT2D eigenvalue weighted by atomic mass is 10.2. The summed E-state index contributed by atoms with van der Waals surface area (Å²) in [5.41, 5.74) is 1.35. The number of carbonyl (C=O) groups is 1. The van der Waals surface area contributed by atoms with Crippen molar-refractivity contribution in [3.05, 3.63) is 80.9 Å². The van der Waals surface area contributed by atoms with E-state index in [1.807, 2.05) is 14.1 Å². The van der Waals surface area contributed by atoms with Gasteiger partial charge in [0, 0.05) is 17.1 Å². The van der Waals surface area contributed by atoms with Crippen LogP contribution in [0.1, 0.15) is 11.5 Å². The molecule has 0 atom stereocenters. The van der Waals surface area contributed by atoms with Crippen LogP contribution in [0.5, 0.6) is 0 Å². The van der Waals surface area contributed by atoms with E-state index in [9.17, 15) is 19.3 Å². The number of hydrogen-bond acceptors (Lipinski definition) is 9. The maximum absolute atomic E-state index is 13.6. The molecule has 3 aromatic heterocycles. The molecule has 4 aromatic rings. The molecule has 0 radical (unpaired) electrons. The first kappa shape index (κ1) is 27.2. The maximum atomic E-state index is 13.6. The average Bonchev–Trinajstić information content (AvgIpc) is 3.29. The summed E-state index contributed by atoms with van der Waals surface area (Å²) >= 11 is 3.15. The van der Waals surface area contributed by atoms with Crippen LogP contribution in [-0.4, -0.2) is 60.9 Å². The van der Waals surface area contributed by atoms with Crippen molar-refractivity contribution in [3.8, 4) is 6.07 Å². The highest BCUT2D eigenvalue weighted by atomic mass is 79.9. The number of aromatic nitrogens is 5. The number of imidazole rings is 1. The fraction of sp³-hybridized carbons (Fsp3) is 0.167. The van der Waals surface area contributed by atoms with Crippen molar-refractivity contribution in [1.82, 2.24) is 24.9 Å². The highest BCUT2D eigenvalue weighted by molar-refractivity contribution is 9.10. The zero-order valence-electron chi connectivity index (χ0n) is 20.6. The van der Waals surface area contributed by atoms with Gasteiger partial charge in [0.1, 0.15) is 30.3 Å². The number of carbonyl (C=O) groups excluding carboxylic acids is 1. The van der Waals surface area contributed by atoms with Crippen molar-refractivity contribution in [2.45, 2.75) is 6.54 Å². The number of benzene rings is 1. The highest BCUT2D eigenvalue weighted by Crippen LogP contribution is 2.27. The summed E-state index contributed by atoms with van der Waals surface area (Å²) in [5, 5.41) is 26.6. The predicted molar refractivity (Wildman–Crippen MR) is 143 cm³/mol. The zero-order chi connectivity index (χ0) is 28.2. The number of H-pyrrole nitrogens is 1. The summed E-state index contributed by atoms with van der Waals surface area (Å²) in [4.78, 5) is 42.2. The number of amides is 1. The first-order chi connectivity index (χ1) is 18.5. The van der Waals surface area contributed by atoms with Gasteiger partial charge >= 0.3 is 11.6 Å². The molecule has 4 rings (SSSR count). The molecule has 0 spiro atoms. The van der Waals surface area contributed by atoms with Crippen LogP contribution in [0.4, 0.5) is 27.5 Å². The van der Waals surface area contributed by atoms with E-state index in [-0.39, 0.29) is 28.4 Å². The van der Waals surface area contributed by atoms with Crippen LogP contribution >= 0.6 is 15.9 Å². The van der Waals surface area contributed by atoms with Gasteiger partial charge < -0.3 is 30.2 Å². The van der Waals surface area contributed by atoms with E-state index in [0.717, 1.165) is 0 Å². The van der Waals surface area contributed by atoms with E-state index in [4.69, 9.17) is 5.26 Å². The Morgan fingerprint density at radius 3 is 2.82 bits per heavy atom. The first-order valence-electron chi connectivity index (χ1n) is 11.3. The van der Waals surface area contributed by atoms with Crippen LogP contribution in [0, 0.1) is 27.3 Å². The zero-order valence-corrected chi connectivity index (χ0v) is 22.2. The summed E-state index contributed by atoms with van der Waals surface area (Å²) in [5.74, 6) is -0.654. The number of nitro groups is 1. The van der Waals surface area contributed by atoms with Crippen molar-refractivity contribution in [2.24, 2.45) is 0 Å². The Morgan fingerprint density at radius 2 is 2.10 bits per heavy atom. The van der Waals surface area contributed by atoms with E-state index in [2.05, 4.69) is 51.5 Å². The monoisotopic (exact) mass is 595 g/mol. The van der Waals surface area contributed by atoms with Crippen molar-refractivity contribution >= 4 is 55.9 Å². The van der Waals surface area contributed by atoms with E-state index in [0.29, 0.717) is 33.4 Å². The molecule has 0 aliphatic rings. The lowest BCUT2D eigenvalue weighted by molar-refractivity contribution is -0.898. The second-order valence-electron chi connectivity index (χ2n) is 8.99. The molecule has 1 amide bonds. The summed E-state index contributed by atoms with van der Waals surface area (Å²) in [6.45, 7) is 0.537. The maximum Gasteiger partial charge on any atom is 0.392 e. The third-order valence-corrected chi connectivity index (χ3v) is 6.05. The van der Waals surface area contributed by atoms with E-state index in [1.165, 1.54) is 24.7 Å². The molecule has 0 unspecified atom stereocenters. The summed E-state index contributed by atoms with van der Waals surface area (Å²) in [6, 6.07) is 7.83. The van der Waals surface area contributed by atoms with Crippen LogP contribution in [0.25, 0.3) is 10.9 Å². The van der Waals surface area contributed by atoms with Gasteiger partial charge in [0.25, 0.3) is 0 Å². The fourth-order valence-corrected chi connectivity index (χ4v) is 4.04.